The fourth-order valence-electron chi connectivity index (χ4n) is 8.11. The van der Waals surface area contributed by atoms with Gasteiger partial charge in [-0.15, -0.1) is 0 Å². The number of aliphatic hydroxyl groups is 1. The minimum Gasteiger partial charge on any atom is -0.482 e. The SMILES string of the molecule is COCCOCCOCCO[C@H]1CC[C@@]2(O)[C@H]3Cc4ccc(OCOCCOC)c5c4[C@@]2(CCN3CC2CCC2)C1O5. The van der Waals surface area contributed by atoms with Crippen molar-refractivity contribution in [2.24, 2.45) is 5.92 Å². The molecule has 1 spiro atoms. The molecule has 0 radical (unpaired) electrons. The summed E-state index contributed by atoms with van der Waals surface area (Å²) in [7, 11) is 3.31. The van der Waals surface area contributed by atoms with E-state index < -0.39 is 11.0 Å². The molecule has 1 aromatic rings. The fraction of sp³-hybridized carbons (Fsp3) is 0.812. The summed E-state index contributed by atoms with van der Waals surface area (Å²) >= 11 is 0. The molecule has 6 rings (SSSR count). The van der Waals surface area contributed by atoms with Crippen molar-refractivity contribution in [1.82, 2.24) is 4.90 Å². The maximum atomic E-state index is 12.8. The second-order valence-corrected chi connectivity index (χ2v) is 12.5. The van der Waals surface area contributed by atoms with Crippen LogP contribution in [-0.4, -0.2) is 121 Å². The second-order valence-electron chi connectivity index (χ2n) is 12.5. The molecule has 1 saturated heterocycles. The summed E-state index contributed by atoms with van der Waals surface area (Å²) < 4.78 is 46.4. The van der Waals surface area contributed by atoms with Gasteiger partial charge in [-0.2, -0.15) is 0 Å². The van der Waals surface area contributed by atoms with Crippen LogP contribution in [0.4, 0.5) is 0 Å². The Bertz CT molecular complexity index is 1040. The Kier molecular flexibility index (Phi) is 9.92. The Morgan fingerprint density at radius 2 is 1.64 bits per heavy atom. The van der Waals surface area contributed by atoms with Gasteiger partial charge in [0.15, 0.2) is 18.3 Å². The van der Waals surface area contributed by atoms with Crippen LogP contribution in [0.25, 0.3) is 0 Å². The van der Waals surface area contributed by atoms with Crippen LogP contribution in [0.2, 0.25) is 0 Å². The monoisotopic (exact) mass is 591 g/mol. The molecule has 2 saturated carbocycles. The zero-order valence-electron chi connectivity index (χ0n) is 25.4. The van der Waals surface area contributed by atoms with Gasteiger partial charge in [-0.1, -0.05) is 12.5 Å². The zero-order valence-corrected chi connectivity index (χ0v) is 25.4. The van der Waals surface area contributed by atoms with E-state index in [9.17, 15) is 5.11 Å². The third kappa shape index (κ3) is 5.58. The number of methoxy groups -OCH3 is 2. The van der Waals surface area contributed by atoms with Crippen molar-refractivity contribution >= 4 is 0 Å². The van der Waals surface area contributed by atoms with E-state index in [4.69, 9.17) is 37.9 Å². The average molecular weight is 592 g/mol. The highest BCUT2D eigenvalue weighted by Crippen LogP contribution is 2.66. The number of rotatable bonds is 18. The molecule has 5 aliphatic rings. The third-order valence-electron chi connectivity index (χ3n) is 10.3. The predicted molar refractivity (Wildman–Crippen MR) is 154 cm³/mol. The summed E-state index contributed by atoms with van der Waals surface area (Å²) in [5.74, 6) is 2.19. The smallest absolute Gasteiger partial charge is 0.189 e. The number of nitrogens with zero attached hydrogens (tertiary/aromatic N) is 1. The van der Waals surface area contributed by atoms with Gasteiger partial charge in [0.05, 0.1) is 70.0 Å². The molecule has 5 atom stereocenters. The molecule has 0 amide bonds. The van der Waals surface area contributed by atoms with Crippen LogP contribution >= 0.6 is 0 Å². The van der Waals surface area contributed by atoms with Crippen molar-refractivity contribution < 1.29 is 43.0 Å². The number of hydrogen-bond donors (Lipinski definition) is 1. The lowest BCUT2D eigenvalue weighted by molar-refractivity contribution is -0.218. The third-order valence-corrected chi connectivity index (χ3v) is 10.3. The molecule has 2 aliphatic heterocycles. The van der Waals surface area contributed by atoms with Crippen molar-refractivity contribution in [3.63, 3.8) is 0 Å². The van der Waals surface area contributed by atoms with Crippen molar-refractivity contribution in [3.8, 4) is 11.5 Å². The second kappa shape index (κ2) is 13.6. The van der Waals surface area contributed by atoms with Crippen LogP contribution in [0.3, 0.4) is 0 Å². The molecule has 1 aromatic carbocycles. The van der Waals surface area contributed by atoms with Gasteiger partial charge in [0.25, 0.3) is 0 Å². The first-order valence-electron chi connectivity index (χ1n) is 15.9. The number of benzene rings is 1. The van der Waals surface area contributed by atoms with Gasteiger partial charge in [-0.05, 0) is 62.6 Å². The summed E-state index contributed by atoms with van der Waals surface area (Å²) in [6, 6.07) is 4.28. The van der Waals surface area contributed by atoms with Gasteiger partial charge in [-0.25, -0.2) is 0 Å². The molecule has 1 unspecified atom stereocenters. The van der Waals surface area contributed by atoms with Gasteiger partial charge >= 0.3 is 0 Å². The molecule has 3 fully saturated rings. The number of piperidine rings is 1. The van der Waals surface area contributed by atoms with Crippen LogP contribution in [-0.2, 0) is 40.3 Å². The summed E-state index contributed by atoms with van der Waals surface area (Å²) in [6.45, 7) is 6.28. The van der Waals surface area contributed by atoms with E-state index >= 15 is 0 Å². The maximum absolute atomic E-state index is 12.8. The Hall–Kier alpha value is -1.50. The van der Waals surface area contributed by atoms with E-state index in [0.29, 0.717) is 65.0 Å². The van der Waals surface area contributed by atoms with Gasteiger partial charge in [0.1, 0.15) is 6.10 Å². The summed E-state index contributed by atoms with van der Waals surface area (Å²) in [5.41, 5.74) is 1.01. The van der Waals surface area contributed by atoms with Crippen LogP contribution in [0.1, 0.15) is 49.7 Å². The van der Waals surface area contributed by atoms with Gasteiger partial charge < -0.3 is 43.0 Å². The minimum absolute atomic E-state index is 0.0861. The quantitative estimate of drug-likeness (QED) is 0.203. The van der Waals surface area contributed by atoms with Gasteiger partial charge in [-0.3, -0.25) is 4.90 Å². The first kappa shape index (κ1) is 30.5. The molecule has 10 heteroatoms. The largest absolute Gasteiger partial charge is 0.482 e. The average Bonchev–Trinajstić information content (AvgIpc) is 3.32. The molecule has 3 aliphatic carbocycles. The van der Waals surface area contributed by atoms with E-state index in [1.807, 2.05) is 6.07 Å². The van der Waals surface area contributed by atoms with Crippen molar-refractivity contribution in [3.05, 3.63) is 23.3 Å². The van der Waals surface area contributed by atoms with E-state index in [-0.39, 0.29) is 25.0 Å². The zero-order chi connectivity index (χ0) is 29.0. The van der Waals surface area contributed by atoms with E-state index in [1.165, 1.54) is 24.8 Å². The first-order chi connectivity index (χ1) is 20.6. The standard InChI is InChI=1S/C32H49NO9/c1-35-12-14-37-16-17-38-18-19-40-26-8-9-32(34)27-20-24-6-7-25(41-22-39-15-13-36-2)29-28(24)31(32,30(26)42-29)10-11-33(27)21-23-4-3-5-23/h6-7,23,26-27,30,34H,3-5,8-22H2,1-2H3/t26-,27+,30?,31-,32+/m0/s1. The lowest BCUT2D eigenvalue weighted by atomic mass is 9.48. The number of hydrogen-bond acceptors (Lipinski definition) is 10. The van der Waals surface area contributed by atoms with E-state index in [1.54, 1.807) is 14.2 Å². The number of likely N-dealkylation sites (tertiary alicyclic amines) is 1. The van der Waals surface area contributed by atoms with Crippen LogP contribution in [0.5, 0.6) is 11.5 Å². The van der Waals surface area contributed by atoms with Gasteiger partial charge in [0, 0.05) is 32.4 Å². The predicted octanol–water partition coefficient (Wildman–Crippen LogP) is 2.70. The molecule has 2 heterocycles. The van der Waals surface area contributed by atoms with E-state index in [2.05, 4.69) is 11.0 Å². The highest BCUT2D eigenvalue weighted by Gasteiger charge is 2.73. The Balaban J connectivity index is 1.19. The molecule has 2 bridgehead atoms. The molecular weight excluding hydrogens is 542 g/mol. The minimum atomic E-state index is -0.874. The summed E-state index contributed by atoms with van der Waals surface area (Å²) in [5, 5.41) is 12.8. The highest BCUT2D eigenvalue weighted by atomic mass is 16.7. The highest BCUT2D eigenvalue weighted by molar-refractivity contribution is 5.63. The lowest BCUT2D eigenvalue weighted by Gasteiger charge is -2.64. The topological polar surface area (TPSA) is 97.3 Å². The fourth-order valence-corrected chi connectivity index (χ4v) is 8.11. The van der Waals surface area contributed by atoms with Crippen molar-refractivity contribution in [1.29, 1.82) is 0 Å². The van der Waals surface area contributed by atoms with Crippen molar-refractivity contribution in [2.45, 2.75) is 74.2 Å². The molecule has 0 aromatic heterocycles. The molecule has 42 heavy (non-hydrogen) atoms. The Morgan fingerprint density at radius 1 is 0.905 bits per heavy atom. The summed E-state index contributed by atoms with van der Waals surface area (Å²) in [6.07, 6.45) is 6.65. The van der Waals surface area contributed by atoms with Crippen LogP contribution < -0.4 is 9.47 Å². The van der Waals surface area contributed by atoms with Crippen LogP contribution in [0, 0.1) is 5.92 Å². The molecular formula is C32H49NO9. The summed E-state index contributed by atoms with van der Waals surface area (Å²) in [4.78, 5) is 2.60. The lowest BCUT2D eigenvalue weighted by Crippen LogP contribution is -2.77. The van der Waals surface area contributed by atoms with Crippen LogP contribution in [0.15, 0.2) is 12.1 Å². The normalized spacial score (nSPS) is 31.5. The Labute approximate surface area is 249 Å². The van der Waals surface area contributed by atoms with Crippen molar-refractivity contribution in [2.75, 3.05) is 87.0 Å². The molecule has 236 valence electrons. The first-order valence-corrected chi connectivity index (χ1v) is 15.9. The Morgan fingerprint density at radius 3 is 2.38 bits per heavy atom. The molecule has 1 N–H and O–H groups in total. The number of ether oxygens (including phenoxy) is 8. The maximum Gasteiger partial charge on any atom is 0.189 e. The van der Waals surface area contributed by atoms with E-state index in [0.717, 1.165) is 49.6 Å². The van der Waals surface area contributed by atoms with Gasteiger partial charge in [0.2, 0.25) is 0 Å². The molecule has 10 nitrogen and oxygen atoms in total.